The van der Waals surface area contributed by atoms with E-state index in [0.29, 0.717) is 13.0 Å². The molecule has 0 aliphatic carbocycles. The molecule has 0 amide bonds. The maximum atomic E-state index is 10.4. The first-order chi connectivity index (χ1) is 10.9. The zero-order valence-electron chi connectivity index (χ0n) is 14.0. The molecule has 1 saturated heterocycles. The molecule has 3 rings (SSSR count). The summed E-state index contributed by atoms with van der Waals surface area (Å²) in [5, 5.41) is 14.6. The minimum Gasteiger partial charge on any atom is -0.390 e. The molecule has 0 aromatic heterocycles. The highest BCUT2D eigenvalue weighted by atomic mass is 16.5. The van der Waals surface area contributed by atoms with Gasteiger partial charge < -0.3 is 15.6 Å². The molecule has 126 valence electrons. The van der Waals surface area contributed by atoms with Crippen molar-refractivity contribution in [1.82, 2.24) is 10.4 Å². The van der Waals surface area contributed by atoms with E-state index < -0.39 is 5.60 Å². The van der Waals surface area contributed by atoms with Crippen LogP contribution in [-0.4, -0.2) is 54.2 Å². The van der Waals surface area contributed by atoms with Gasteiger partial charge in [0.25, 0.3) is 0 Å². The zero-order chi connectivity index (χ0) is 16.6. The number of rotatable bonds is 5. The van der Waals surface area contributed by atoms with Gasteiger partial charge in [0.05, 0.1) is 29.6 Å². The van der Waals surface area contributed by atoms with Crippen LogP contribution in [0.2, 0.25) is 0 Å². The lowest BCUT2D eigenvalue weighted by Crippen LogP contribution is -2.50. The third-order valence-electron chi connectivity index (χ3n) is 4.45. The minimum atomic E-state index is -0.771. The van der Waals surface area contributed by atoms with Crippen molar-refractivity contribution in [3.8, 4) is 0 Å². The first kappa shape index (κ1) is 16.5. The average Bonchev–Trinajstić information content (AvgIpc) is 2.83. The molecular weight excluding hydrogens is 292 g/mol. The highest BCUT2D eigenvalue weighted by Gasteiger charge is 2.43. The van der Waals surface area contributed by atoms with Gasteiger partial charge in [0, 0.05) is 18.9 Å². The highest BCUT2D eigenvalue weighted by molar-refractivity contribution is 5.60. The molecule has 23 heavy (non-hydrogen) atoms. The van der Waals surface area contributed by atoms with Crippen LogP contribution in [-0.2, 0) is 4.74 Å². The smallest absolute Gasteiger partial charge is 0.118 e. The van der Waals surface area contributed by atoms with Gasteiger partial charge >= 0.3 is 0 Å². The Morgan fingerprint density at radius 3 is 2.83 bits per heavy atom. The number of benzene rings is 1. The van der Waals surface area contributed by atoms with E-state index in [2.05, 4.69) is 21.5 Å². The second-order valence-electron chi connectivity index (χ2n) is 6.92. The van der Waals surface area contributed by atoms with Crippen molar-refractivity contribution in [3.05, 3.63) is 34.8 Å². The number of nitrogens with zero attached hydrogens (tertiary/aromatic N) is 2. The molecule has 1 aromatic rings. The molecule has 2 aliphatic heterocycles. The van der Waals surface area contributed by atoms with Crippen LogP contribution < -0.4 is 21.7 Å². The molecular formula is C17H26N4O2. The molecule has 0 spiro atoms. The van der Waals surface area contributed by atoms with Gasteiger partial charge in [-0.05, 0) is 31.9 Å². The van der Waals surface area contributed by atoms with Gasteiger partial charge in [-0.3, -0.25) is 4.99 Å². The number of para-hydroxylation sites is 1. The third-order valence-corrected chi connectivity index (χ3v) is 4.45. The van der Waals surface area contributed by atoms with Crippen molar-refractivity contribution >= 4 is 5.57 Å². The Hall–Kier alpha value is -1.31. The number of nitrogens with two attached hydrogens (primary N) is 1. The summed E-state index contributed by atoms with van der Waals surface area (Å²) >= 11 is 0. The van der Waals surface area contributed by atoms with Crippen molar-refractivity contribution in [1.29, 1.82) is 0 Å². The quantitative estimate of drug-likeness (QED) is 0.657. The van der Waals surface area contributed by atoms with Crippen LogP contribution in [0.1, 0.15) is 20.3 Å². The molecule has 2 heterocycles. The molecule has 3 unspecified atom stereocenters. The Bertz CT molecular complexity index is 683. The summed E-state index contributed by atoms with van der Waals surface area (Å²) in [5.41, 5.74) is 10.2. The van der Waals surface area contributed by atoms with Crippen molar-refractivity contribution < 1.29 is 9.84 Å². The van der Waals surface area contributed by atoms with E-state index in [1.54, 1.807) is 7.11 Å². The first-order valence-corrected chi connectivity index (χ1v) is 8.07. The fourth-order valence-corrected chi connectivity index (χ4v) is 3.49. The summed E-state index contributed by atoms with van der Waals surface area (Å²) in [4.78, 5) is 4.61. The molecule has 0 saturated carbocycles. The van der Waals surface area contributed by atoms with Crippen LogP contribution >= 0.6 is 0 Å². The predicted octanol–water partition coefficient (Wildman–Crippen LogP) is -0.880. The van der Waals surface area contributed by atoms with Crippen LogP contribution in [0.4, 0.5) is 0 Å². The van der Waals surface area contributed by atoms with Crippen LogP contribution in [0.3, 0.4) is 0 Å². The number of hydrazine groups is 1. The topological polar surface area (TPSA) is 83.1 Å². The molecule has 2 aliphatic rings. The number of fused-ring (bicyclic) bond motifs is 2. The molecule has 3 atom stereocenters. The summed E-state index contributed by atoms with van der Waals surface area (Å²) in [6.45, 7) is 5.03. The number of hydrogen-bond donors (Lipinski definition) is 3. The van der Waals surface area contributed by atoms with E-state index in [-0.39, 0.29) is 18.2 Å². The normalized spacial score (nSPS) is 27.5. The first-order valence-electron chi connectivity index (χ1n) is 8.07. The van der Waals surface area contributed by atoms with E-state index in [0.717, 1.165) is 17.1 Å². The average molecular weight is 318 g/mol. The van der Waals surface area contributed by atoms with E-state index in [4.69, 9.17) is 10.5 Å². The molecule has 4 N–H and O–H groups in total. The van der Waals surface area contributed by atoms with E-state index in [1.165, 1.54) is 5.57 Å². The van der Waals surface area contributed by atoms with Gasteiger partial charge in [-0.15, -0.1) is 0 Å². The van der Waals surface area contributed by atoms with Crippen LogP contribution in [0.25, 0.3) is 5.57 Å². The van der Waals surface area contributed by atoms with Crippen molar-refractivity contribution in [2.75, 3.05) is 20.3 Å². The predicted molar refractivity (Wildman–Crippen MR) is 88.8 cm³/mol. The van der Waals surface area contributed by atoms with E-state index >= 15 is 0 Å². The molecule has 6 nitrogen and oxygen atoms in total. The van der Waals surface area contributed by atoms with Crippen LogP contribution in [0.5, 0.6) is 0 Å². The fourth-order valence-electron chi connectivity index (χ4n) is 3.49. The molecule has 1 aromatic carbocycles. The Morgan fingerprint density at radius 2 is 2.13 bits per heavy atom. The lowest BCUT2D eigenvalue weighted by atomic mass is 9.88. The SMILES string of the molecule is COCCN1NC2C(=c3ccccc3=NC2N)C1CC(C)(C)O. The van der Waals surface area contributed by atoms with Gasteiger partial charge in [-0.1, -0.05) is 18.2 Å². The Labute approximate surface area is 136 Å². The van der Waals surface area contributed by atoms with Crippen molar-refractivity contribution in [2.45, 2.75) is 44.1 Å². The maximum absolute atomic E-state index is 10.4. The standard InChI is InChI=1S/C17H26N4O2/c1-17(2,22)10-13-14-11-6-4-5-7-12(11)19-16(18)15(14)20-21(13)8-9-23-3/h4-7,13,15-16,20,22H,8-10,18H2,1-3H3. The van der Waals surface area contributed by atoms with Gasteiger partial charge in [-0.2, -0.15) is 0 Å². The number of aliphatic hydroxyl groups is 1. The highest BCUT2D eigenvalue weighted by Crippen LogP contribution is 2.30. The zero-order valence-corrected chi connectivity index (χ0v) is 14.0. The summed E-state index contributed by atoms with van der Waals surface area (Å²) in [6.07, 6.45) is 0.299. The van der Waals surface area contributed by atoms with Gasteiger partial charge in [-0.25, -0.2) is 10.4 Å². The molecule has 0 bridgehead atoms. The second kappa shape index (κ2) is 6.30. The summed E-state index contributed by atoms with van der Waals surface area (Å²) in [7, 11) is 1.69. The number of hydrogen-bond acceptors (Lipinski definition) is 6. The lowest BCUT2D eigenvalue weighted by Gasteiger charge is -2.29. The Kier molecular flexibility index (Phi) is 4.53. The van der Waals surface area contributed by atoms with Gasteiger partial charge in [0.1, 0.15) is 6.17 Å². The largest absolute Gasteiger partial charge is 0.390 e. The minimum absolute atomic E-state index is 0.0332. The second-order valence-corrected chi connectivity index (χ2v) is 6.92. The molecule has 1 fully saturated rings. The number of nitrogens with one attached hydrogen (secondary N) is 1. The summed E-state index contributed by atoms with van der Waals surface area (Å²) < 4.78 is 5.22. The summed E-state index contributed by atoms with van der Waals surface area (Å²) in [5.74, 6) is 0. The van der Waals surface area contributed by atoms with Crippen molar-refractivity contribution in [3.63, 3.8) is 0 Å². The van der Waals surface area contributed by atoms with E-state index in [9.17, 15) is 5.11 Å². The van der Waals surface area contributed by atoms with Crippen molar-refractivity contribution in [2.24, 2.45) is 10.7 Å². The number of methoxy groups -OCH3 is 1. The van der Waals surface area contributed by atoms with Crippen LogP contribution in [0, 0.1) is 0 Å². The van der Waals surface area contributed by atoms with Crippen LogP contribution in [0.15, 0.2) is 29.3 Å². The Morgan fingerprint density at radius 1 is 1.39 bits per heavy atom. The van der Waals surface area contributed by atoms with Gasteiger partial charge in [0.15, 0.2) is 0 Å². The maximum Gasteiger partial charge on any atom is 0.118 e. The Balaban J connectivity index is 2.09. The number of ether oxygens (including phenoxy) is 1. The lowest BCUT2D eigenvalue weighted by molar-refractivity contribution is 0.0336. The monoisotopic (exact) mass is 318 g/mol. The van der Waals surface area contributed by atoms with E-state index in [1.807, 2.05) is 32.0 Å². The summed E-state index contributed by atoms with van der Waals surface area (Å²) in [6, 6.07) is 8.12. The van der Waals surface area contributed by atoms with Gasteiger partial charge in [0.2, 0.25) is 0 Å². The third kappa shape index (κ3) is 3.32. The molecule has 0 radical (unpaired) electrons. The fraction of sp³-hybridized carbons (Fsp3) is 0.588. The molecule has 6 heteroatoms.